The van der Waals surface area contributed by atoms with Crippen LogP contribution in [0.4, 0.5) is 0 Å². The van der Waals surface area contributed by atoms with E-state index >= 15 is 0 Å². The van der Waals surface area contributed by atoms with Gasteiger partial charge in [-0.3, -0.25) is 0 Å². The van der Waals surface area contributed by atoms with Crippen LogP contribution < -0.4 is 0 Å². The number of rotatable bonds is 2. The molecule has 0 saturated heterocycles. The van der Waals surface area contributed by atoms with Crippen molar-refractivity contribution >= 4 is 15.9 Å². The van der Waals surface area contributed by atoms with Gasteiger partial charge in [-0.05, 0) is 41.9 Å². The van der Waals surface area contributed by atoms with E-state index in [0.717, 1.165) is 15.9 Å². The van der Waals surface area contributed by atoms with Crippen LogP contribution in [0, 0.1) is 13.8 Å². The number of nitrogens with zero attached hydrogens (tertiary/aromatic N) is 6. The molecule has 0 unspecified atom stereocenters. The van der Waals surface area contributed by atoms with Crippen LogP contribution in [0.25, 0.3) is 11.8 Å². The third-order valence-corrected chi connectivity index (χ3v) is 3.19. The minimum Gasteiger partial charge on any atom is -0.218 e. The average molecular weight is 319 g/mol. The molecule has 0 bridgehead atoms. The van der Waals surface area contributed by atoms with Gasteiger partial charge in [-0.2, -0.15) is 15.2 Å². The summed E-state index contributed by atoms with van der Waals surface area (Å²) in [6, 6.07) is 3.83. The lowest BCUT2D eigenvalue weighted by molar-refractivity contribution is 0.755. The number of aromatic nitrogens is 6. The Hall–Kier alpha value is -2.02. The first-order valence-electron chi connectivity index (χ1n) is 5.71. The number of halogens is 1. The predicted molar refractivity (Wildman–Crippen MR) is 73.5 cm³/mol. The van der Waals surface area contributed by atoms with Gasteiger partial charge in [-0.1, -0.05) is 0 Å². The highest BCUT2D eigenvalue weighted by atomic mass is 79.9. The minimum absolute atomic E-state index is 0.510. The van der Waals surface area contributed by atoms with Crippen LogP contribution in [0.15, 0.2) is 35.2 Å². The Bertz CT molecular complexity index is 716. The molecule has 0 aliphatic heterocycles. The van der Waals surface area contributed by atoms with Crippen molar-refractivity contribution in [3.8, 4) is 11.8 Å². The molecule has 3 aromatic heterocycles. The quantitative estimate of drug-likeness (QED) is 0.727. The molecule has 0 atom stereocenters. The van der Waals surface area contributed by atoms with Gasteiger partial charge in [0.2, 0.25) is 0 Å². The molecule has 0 spiro atoms. The zero-order chi connectivity index (χ0) is 13.4. The Morgan fingerprint density at radius 2 is 2.11 bits per heavy atom. The van der Waals surface area contributed by atoms with Crippen molar-refractivity contribution in [3.63, 3.8) is 0 Å². The van der Waals surface area contributed by atoms with Gasteiger partial charge < -0.3 is 0 Å². The van der Waals surface area contributed by atoms with Crippen molar-refractivity contribution in [3.05, 3.63) is 46.6 Å². The molecular weight excluding hydrogens is 308 g/mol. The second-order valence-electron chi connectivity index (χ2n) is 4.13. The fourth-order valence-electron chi connectivity index (χ4n) is 1.84. The van der Waals surface area contributed by atoms with Gasteiger partial charge in [0.1, 0.15) is 0 Å². The molecule has 96 valence electrons. The van der Waals surface area contributed by atoms with E-state index in [-0.39, 0.29) is 0 Å². The maximum atomic E-state index is 4.50. The molecule has 0 saturated carbocycles. The number of hydrogen-bond acceptors (Lipinski definition) is 4. The molecule has 0 amide bonds. The lowest BCUT2D eigenvalue weighted by Gasteiger charge is -2.07. The Morgan fingerprint density at radius 3 is 2.74 bits per heavy atom. The molecule has 0 radical (unpaired) electrons. The van der Waals surface area contributed by atoms with Crippen LogP contribution >= 0.6 is 15.9 Å². The highest BCUT2D eigenvalue weighted by Gasteiger charge is 2.12. The van der Waals surface area contributed by atoms with E-state index in [1.165, 1.54) is 0 Å². The van der Waals surface area contributed by atoms with Crippen molar-refractivity contribution < 1.29 is 0 Å². The lowest BCUT2D eigenvalue weighted by atomic mass is 10.4. The first kappa shape index (κ1) is 12.0. The summed E-state index contributed by atoms with van der Waals surface area (Å²) in [5.74, 6) is 1.21. The lowest BCUT2D eigenvalue weighted by Crippen LogP contribution is -2.08. The Kier molecular flexibility index (Phi) is 2.90. The van der Waals surface area contributed by atoms with Gasteiger partial charge >= 0.3 is 0 Å². The van der Waals surface area contributed by atoms with Gasteiger partial charge in [0.15, 0.2) is 5.82 Å². The minimum atomic E-state index is 0.510. The van der Waals surface area contributed by atoms with E-state index in [4.69, 9.17) is 0 Å². The molecule has 3 heterocycles. The first-order chi connectivity index (χ1) is 9.15. The van der Waals surface area contributed by atoms with Crippen molar-refractivity contribution in [1.29, 1.82) is 0 Å². The first-order valence-corrected chi connectivity index (χ1v) is 6.50. The summed E-state index contributed by atoms with van der Waals surface area (Å²) in [4.78, 5) is 8.75. The van der Waals surface area contributed by atoms with E-state index in [9.17, 15) is 0 Å². The molecule has 3 rings (SSSR count). The van der Waals surface area contributed by atoms with Crippen molar-refractivity contribution in [1.82, 2.24) is 29.5 Å². The van der Waals surface area contributed by atoms with Gasteiger partial charge in [0.25, 0.3) is 5.95 Å². The molecule has 19 heavy (non-hydrogen) atoms. The zero-order valence-electron chi connectivity index (χ0n) is 10.4. The topological polar surface area (TPSA) is 61.4 Å². The van der Waals surface area contributed by atoms with Gasteiger partial charge in [-0.15, -0.1) is 0 Å². The molecular formula is C12H11BrN6. The Labute approximate surface area is 118 Å². The third-order valence-electron chi connectivity index (χ3n) is 2.63. The van der Waals surface area contributed by atoms with Gasteiger partial charge in [-0.25, -0.2) is 14.3 Å². The van der Waals surface area contributed by atoms with E-state index in [2.05, 4.69) is 36.1 Å². The molecule has 0 aromatic carbocycles. The number of aryl methyl sites for hydroxylation is 2. The fourth-order valence-corrected chi connectivity index (χ4v) is 2.20. The normalized spacial score (nSPS) is 10.9. The van der Waals surface area contributed by atoms with E-state index in [1.54, 1.807) is 28.0 Å². The van der Waals surface area contributed by atoms with Crippen molar-refractivity contribution in [2.24, 2.45) is 0 Å². The second-order valence-corrected chi connectivity index (χ2v) is 4.99. The summed E-state index contributed by atoms with van der Waals surface area (Å²) >= 11 is 3.46. The molecule has 6 nitrogen and oxygen atoms in total. The van der Waals surface area contributed by atoms with Crippen molar-refractivity contribution in [2.75, 3.05) is 0 Å². The molecule has 0 N–H and O–H groups in total. The standard InChI is InChI=1S/C12H11BrN6/c1-8-6-9(2)19(17-8)11-10(13)7-14-12(16-11)18-5-3-4-15-18/h3-7H,1-2H3. The summed E-state index contributed by atoms with van der Waals surface area (Å²) in [6.07, 6.45) is 5.19. The van der Waals surface area contributed by atoms with Crippen LogP contribution in [-0.4, -0.2) is 29.5 Å². The fraction of sp³-hybridized carbons (Fsp3) is 0.167. The van der Waals surface area contributed by atoms with Gasteiger partial charge in [0.05, 0.1) is 10.2 Å². The Morgan fingerprint density at radius 1 is 1.26 bits per heavy atom. The largest absolute Gasteiger partial charge is 0.252 e. The van der Waals surface area contributed by atoms with Gasteiger partial charge in [0, 0.05) is 24.3 Å². The van der Waals surface area contributed by atoms with Crippen LogP contribution in [0.1, 0.15) is 11.4 Å². The second kappa shape index (κ2) is 4.58. The molecule has 3 aromatic rings. The molecule has 0 aliphatic rings. The highest BCUT2D eigenvalue weighted by Crippen LogP contribution is 2.20. The monoisotopic (exact) mass is 318 g/mol. The summed E-state index contributed by atoms with van der Waals surface area (Å²) in [5.41, 5.74) is 1.96. The van der Waals surface area contributed by atoms with E-state index in [1.807, 2.05) is 26.0 Å². The third kappa shape index (κ3) is 2.17. The average Bonchev–Trinajstić information content (AvgIpc) is 3.00. The van der Waals surface area contributed by atoms with Crippen LogP contribution in [0.5, 0.6) is 0 Å². The molecule has 7 heteroatoms. The van der Waals surface area contributed by atoms with E-state index in [0.29, 0.717) is 11.8 Å². The summed E-state index contributed by atoms with van der Waals surface area (Å²) in [5, 5.41) is 8.56. The summed E-state index contributed by atoms with van der Waals surface area (Å²) in [6.45, 7) is 3.94. The van der Waals surface area contributed by atoms with Crippen LogP contribution in [0.2, 0.25) is 0 Å². The SMILES string of the molecule is Cc1cc(C)n(-c2nc(-n3cccn3)ncc2Br)n1. The summed E-state index contributed by atoms with van der Waals surface area (Å²) < 4.78 is 4.19. The van der Waals surface area contributed by atoms with Crippen molar-refractivity contribution in [2.45, 2.75) is 13.8 Å². The smallest absolute Gasteiger partial charge is 0.218 e. The highest BCUT2D eigenvalue weighted by molar-refractivity contribution is 9.10. The maximum absolute atomic E-state index is 4.50. The summed E-state index contributed by atoms with van der Waals surface area (Å²) in [7, 11) is 0. The van der Waals surface area contributed by atoms with E-state index < -0.39 is 0 Å². The molecule has 0 aliphatic carbocycles. The number of hydrogen-bond donors (Lipinski definition) is 0. The maximum Gasteiger partial charge on any atom is 0.252 e. The zero-order valence-corrected chi connectivity index (χ0v) is 12.0. The van der Waals surface area contributed by atoms with Crippen LogP contribution in [-0.2, 0) is 0 Å². The molecule has 0 fully saturated rings. The van der Waals surface area contributed by atoms with Crippen LogP contribution in [0.3, 0.4) is 0 Å². The Balaban J connectivity index is 2.16. The predicted octanol–water partition coefficient (Wildman–Crippen LogP) is 2.23.